The van der Waals surface area contributed by atoms with Gasteiger partial charge in [-0.05, 0) is 74.8 Å². The lowest BCUT2D eigenvalue weighted by Crippen LogP contribution is -2.45. The molecule has 3 aromatic rings. The standard InChI is InChI=1S/C30H32F6N4O/c1-19-8-6-7-9-23(19)24-10-11-25(40-14-12-38(4)13-15-40)37-26(24)39(5)27(41)28(2,3)20-16-21(29(31,32)33)18-22(17-20)30(34,35)36/h6-11,16-18H,12-15H2,1-5H3. The van der Waals surface area contributed by atoms with E-state index in [1.807, 2.05) is 50.4 Å². The van der Waals surface area contributed by atoms with Crippen LogP contribution in [-0.2, 0) is 22.6 Å². The van der Waals surface area contributed by atoms with E-state index >= 15 is 0 Å². The first-order valence-electron chi connectivity index (χ1n) is 13.1. The molecule has 4 rings (SSSR count). The summed E-state index contributed by atoms with van der Waals surface area (Å²) in [5.74, 6) is 0.181. The summed E-state index contributed by atoms with van der Waals surface area (Å²) in [5.41, 5.74) is -2.77. The Bertz CT molecular complexity index is 1390. The van der Waals surface area contributed by atoms with Gasteiger partial charge >= 0.3 is 12.4 Å². The molecule has 1 fully saturated rings. The highest BCUT2D eigenvalue weighted by atomic mass is 19.4. The second-order valence-electron chi connectivity index (χ2n) is 10.9. The van der Waals surface area contributed by atoms with E-state index in [0.717, 1.165) is 24.2 Å². The fourth-order valence-electron chi connectivity index (χ4n) is 4.95. The number of amides is 1. The largest absolute Gasteiger partial charge is 0.416 e. The van der Waals surface area contributed by atoms with Gasteiger partial charge in [0.05, 0.1) is 16.5 Å². The van der Waals surface area contributed by atoms with Crippen LogP contribution >= 0.6 is 0 Å². The molecule has 220 valence electrons. The lowest BCUT2D eigenvalue weighted by Gasteiger charge is -2.35. The predicted octanol–water partition coefficient (Wildman–Crippen LogP) is 6.79. The summed E-state index contributed by atoms with van der Waals surface area (Å²) in [6, 6.07) is 12.5. The summed E-state index contributed by atoms with van der Waals surface area (Å²) in [6.45, 7) is 7.59. The Morgan fingerprint density at radius 1 is 0.805 bits per heavy atom. The molecule has 1 aromatic heterocycles. The highest BCUT2D eigenvalue weighted by molar-refractivity contribution is 6.02. The van der Waals surface area contributed by atoms with Crippen LogP contribution in [-0.4, -0.2) is 56.1 Å². The van der Waals surface area contributed by atoms with E-state index in [9.17, 15) is 31.1 Å². The van der Waals surface area contributed by atoms with Crippen LogP contribution in [0, 0.1) is 6.92 Å². The average molecular weight is 579 g/mol. The number of rotatable bonds is 5. The fraction of sp³-hybridized carbons (Fsp3) is 0.400. The van der Waals surface area contributed by atoms with Crippen molar-refractivity contribution in [2.24, 2.45) is 0 Å². The van der Waals surface area contributed by atoms with Gasteiger partial charge in [-0.1, -0.05) is 24.3 Å². The van der Waals surface area contributed by atoms with E-state index in [1.165, 1.54) is 25.8 Å². The maximum Gasteiger partial charge on any atom is 0.416 e. The van der Waals surface area contributed by atoms with E-state index in [4.69, 9.17) is 4.98 Å². The number of carbonyl (C=O) groups excluding carboxylic acids is 1. The van der Waals surface area contributed by atoms with Crippen molar-refractivity contribution in [2.75, 3.05) is 50.1 Å². The summed E-state index contributed by atoms with van der Waals surface area (Å²) in [5, 5.41) is 0. The molecule has 1 saturated heterocycles. The molecule has 2 aromatic carbocycles. The molecule has 1 aliphatic heterocycles. The van der Waals surface area contributed by atoms with Crippen LogP contribution in [0.1, 0.15) is 36.1 Å². The Morgan fingerprint density at radius 2 is 1.34 bits per heavy atom. The minimum Gasteiger partial charge on any atom is -0.354 e. The lowest BCUT2D eigenvalue weighted by atomic mass is 9.81. The maximum atomic E-state index is 14.0. The number of anilines is 2. The zero-order valence-corrected chi connectivity index (χ0v) is 23.5. The van der Waals surface area contributed by atoms with Crippen LogP contribution < -0.4 is 9.80 Å². The number of alkyl halides is 6. The molecule has 1 aliphatic rings. The van der Waals surface area contributed by atoms with E-state index in [0.29, 0.717) is 36.6 Å². The number of pyridine rings is 1. The van der Waals surface area contributed by atoms with Crippen LogP contribution in [0.25, 0.3) is 11.1 Å². The van der Waals surface area contributed by atoms with Crippen molar-refractivity contribution in [3.05, 3.63) is 76.9 Å². The zero-order valence-electron chi connectivity index (χ0n) is 23.5. The van der Waals surface area contributed by atoms with Crippen molar-refractivity contribution in [3.63, 3.8) is 0 Å². The predicted molar refractivity (Wildman–Crippen MR) is 147 cm³/mol. The molecule has 0 spiro atoms. The number of aryl methyl sites for hydroxylation is 1. The molecule has 0 atom stereocenters. The number of nitrogens with zero attached hydrogens (tertiary/aromatic N) is 4. The summed E-state index contributed by atoms with van der Waals surface area (Å²) >= 11 is 0. The van der Waals surface area contributed by atoms with Gasteiger partial charge in [-0.3, -0.25) is 9.69 Å². The van der Waals surface area contributed by atoms with Crippen molar-refractivity contribution in [1.29, 1.82) is 0 Å². The minimum absolute atomic E-state index is 0.0606. The third kappa shape index (κ3) is 6.34. The Balaban J connectivity index is 1.82. The fourth-order valence-corrected chi connectivity index (χ4v) is 4.95. The molecule has 0 bridgehead atoms. The molecule has 5 nitrogen and oxygen atoms in total. The van der Waals surface area contributed by atoms with Gasteiger partial charge < -0.3 is 9.80 Å². The second-order valence-corrected chi connectivity index (χ2v) is 10.9. The third-order valence-corrected chi connectivity index (χ3v) is 7.59. The maximum absolute atomic E-state index is 14.0. The minimum atomic E-state index is -5.03. The first-order valence-corrected chi connectivity index (χ1v) is 13.1. The Hall–Kier alpha value is -3.60. The van der Waals surface area contributed by atoms with E-state index in [2.05, 4.69) is 9.80 Å². The number of likely N-dealkylation sites (N-methyl/N-ethyl adjacent to an activating group) is 2. The Kier molecular flexibility index (Phi) is 8.14. The van der Waals surface area contributed by atoms with Gasteiger partial charge in [-0.15, -0.1) is 0 Å². The number of hydrogen-bond donors (Lipinski definition) is 0. The number of benzene rings is 2. The Morgan fingerprint density at radius 3 is 1.88 bits per heavy atom. The van der Waals surface area contributed by atoms with Gasteiger partial charge in [0, 0.05) is 38.8 Å². The number of piperazine rings is 1. The molecule has 0 radical (unpaired) electrons. The third-order valence-electron chi connectivity index (χ3n) is 7.59. The second kappa shape index (κ2) is 11.0. The van der Waals surface area contributed by atoms with Crippen LogP contribution in [0.15, 0.2) is 54.6 Å². The van der Waals surface area contributed by atoms with Gasteiger partial charge in [0.1, 0.15) is 11.6 Å². The molecule has 0 N–H and O–H groups in total. The van der Waals surface area contributed by atoms with Crippen molar-refractivity contribution >= 4 is 17.5 Å². The van der Waals surface area contributed by atoms with Gasteiger partial charge in [-0.25, -0.2) is 4.98 Å². The van der Waals surface area contributed by atoms with E-state index in [-0.39, 0.29) is 11.9 Å². The van der Waals surface area contributed by atoms with Gasteiger partial charge in [-0.2, -0.15) is 26.3 Å². The molecular formula is C30H32F6N4O. The zero-order chi connectivity index (χ0) is 30.3. The molecule has 0 saturated carbocycles. The van der Waals surface area contributed by atoms with E-state index in [1.54, 1.807) is 0 Å². The van der Waals surface area contributed by atoms with Crippen molar-refractivity contribution in [1.82, 2.24) is 9.88 Å². The van der Waals surface area contributed by atoms with Crippen LogP contribution in [0.4, 0.5) is 38.0 Å². The summed E-state index contributed by atoms with van der Waals surface area (Å²) in [4.78, 5) is 24.3. The highest BCUT2D eigenvalue weighted by Gasteiger charge is 2.41. The summed E-state index contributed by atoms with van der Waals surface area (Å²) < 4.78 is 81.6. The number of halogens is 6. The monoisotopic (exact) mass is 578 g/mol. The molecule has 1 amide bonds. The van der Waals surface area contributed by atoms with Crippen molar-refractivity contribution in [3.8, 4) is 11.1 Å². The number of aromatic nitrogens is 1. The van der Waals surface area contributed by atoms with Gasteiger partial charge in [0.25, 0.3) is 0 Å². The normalized spacial score (nSPS) is 15.2. The number of carbonyl (C=O) groups is 1. The molecular weight excluding hydrogens is 546 g/mol. The lowest BCUT2D eigenvalue weighted by molar-refractivity contribution is -0.143. The van der Waals surface area contributed by atoms with Gasteiger partial charge in [0.15, 0.2) is 0 Å². The average Bonchev–Trinajstić information content (AvgIpc) is 2.91. The van der Waals surface area contributed by atoms with E-state index < -0.39 is 40.4 Å². The first kappa shape index (κ1) is 30.4. The van der Waals surface area contributed by atoms with Crippen molar-refractivity contribution < 1.29 is 31.1 Å². The molecule has 0 unspecified atom stereocenters. The number of hydrogen-bond acceptors (Lipinski definition) is 4. The molecule has 2 heterocycles. The molecule has 11 heteroatoms. The molecule has 41 heavy (non-hydrogen) atoms. The smallest absolute Gasteiger partial charge is 0.354 e. The van der Waals surface area contributed by atoms with Crippen LogP contribution in [0.2, 0.25) is 0 Å². The first-order chi connectivity index (χ1) is 19.0. The SMILES string of the molecule is Cc1ccccc1-c1ccc(N2CCN(C)CC2)nc1N(C)C(=O)C(C)(C)c1cc(C(F)(F)F)cc(C(F)(F)F)c1. The van der Waals surface area contributed by atoms with Gasteiger partial charge in [0.2, 0.25) is 5.91 Å². The van der Waals surface area contributed by atoms with Crippen LogP contribution in [0.3, 0.4) is 0 Å². The van der Waals surface area contributed by atoms with Crippen LogP contribution in [0.5, 0.6) is 0 Å². The Labute approximate surface area is 235 Å². The summed E-state index contributed by atoms with van der Waals surface area (Å²) in [7, 11) is 3.46. The quantitative estimate of drug-likeness (QED) is 0.313. The highest BCUT2D eigenvalue weighted by Crippen LogP contribution is 2.41. The topological polar surface area (TPSA) is 39.7 Å². The molecule has 0 aliphatic carbocycles. The van der Waals surface area contributed by atoms with Crippen molar-refractivity contribution in [2.45, 2.75) is 38.5 Å². The summed E-state index contributed by atoms with van der Waals surface area (Å²) in [6.07, 6.45) is -10.1.